The number of Topliss-reactive ketones (excluding diaryl/α,β-unsaturated/α-hetero) is 1. The van der Waals surface area contributed by atoms with Gasteiger partial charge in [0.2, 0.25) is 0 Å². The van der Waals surface area contributed by atoms with Crippen molar-refractivity contribution in [2.45, 2.75) is 39.2 Å². The van der Waals surface area contributed by atoms with E-state index in [1.54, 1.807) is 10.9 Å². The minimum atomic E-state index is -0.535. The van der Waals surface area contributed by atoms with Crippen LogP contribution in [0.3, 0.4) is 0 Å². The number of nitrogens with zero attached hydrogens (tertiary/aromatic N) is 2. The van der Waals surface area contributed by atoms with Gasteiger partial charge in [0, 0.05) is 12.7 Å². The molecule has 3 heteroatoms. The lowest BCUT2D eigenvalue weighted by atomic mass is 9.79. The summed E-state index contributed by atoms with van der Waals surface area (Å²) >= 11 is 0. The number of hydrogen-bond acceptors (Lipinski definition) is 2. The van der Waals surface area contributed by atoms with Gasteiger partial charge in [0.15, 0.2) is 5.78 Å². The molecule has 0 amide bonds. The summed E-state index contributed by atoms with van der Waals surface area (Å²) < 4.78 is 1.80. The summed E-state index contributed by atoms with van der Waals surface area (Å²) in [5, 5.41) is 4.23. The average Bonchev–Trinajstić information content (AvgIpc) is 2.87. The van der Waals surface area contributed by atoms with Crippen LogP contribution in [0.15, 0.2) is 42.6 Å². The molecule has 3 nitrogen and oxygen atoms in total. The van der Waals surface area contributed by atoms with Crippen molar-refractivity contribution in [2.24, 2.45) is 0 Å². The van der Waals surface area contributed by atoms with Gasteiger partial charge in [0.05, 0.1) is 5.41 Å². The van der Waals surface area contributed by atoms with Crippen LogP contribution >= 0.6 is 0 Å². The van der Waals surface area contributed by atoms with Gasteiger partial charge >= 0.3 is 0 Å². The van der Waals surface area contributed by atoms with Gasteiger partial charge in [0.25, 0.3) is 0 Å². The Morgan fingerprint density at radius 1 is 1.21 bits per heavy atom. The molecule has 0 spiro atoms. The zero-order chi connectivity index (χ0) is 13.9. The van der Waals surface area contributed by atoms with Crippen LogP contribution in [0.1, 0.15) is 43.2 Å². The van der Waals surface area contributed by atoms with E-state index >= 15 is 0 Å². The van der Waals surface area contributed by atoms with Crippen LogP contribution in [-0.2, 0) is 12.0 Å². The molecule has 0 radical (unpaired) electrons. The Balaban J connectivity index is 2.35. The summed E-state index contributed by atoms with van der Waals surface area (Å²) in [7, 11) is 0. The normalized spacial score (nSPS) is 11.5. The van der Waals surface area contributed by atoms with Crippen molar-refractivity contribution in [3.05, 3.63) is 53.9 Å². The van der Waals surface area contributed by atoms with E-state index < -0.39 is 5.41 Å². The van der Waals surface area contributed by atoms with E-state index in [1.807, 2.05) is 50.2 Å². The maximum Gasteiger partial charge on any atom is 0.190 e. The van der Waals surface area contributed by atoms with Crippen LogP contribution in [0, 0.1) is 0 Å². The second kappa shape index (κ2) is 5.39. The van der Waals surface area contributed by atoms with Crippen molar-refractivity contribution in [1.82, 2.24) is 9.78 Å². The molecule has 0 atom stereocenters. The van der Waals surface area contributed by atoms with Gasteiger partial charge in [-0.15, -0.1) is 0 Å². The highest BCUT2D eigenvalue weighted by molar-refractivity contribution is 6.02. The van der Waals surface area contributed by atoms with Gasteiger partial charge in [-0.2, -0.15) is 5.10 Å². The molecule has 2 aromatic rings. The van der Waals surface area contributed by atoms with E-state index in [-0.39, 0.29) is 5.78 Å². The largest absolute Gasteiger partial charge is 0.291 e. The monoisotopic (exact) mass is 256 g/mol. The highest BCUT2D eigenvalue weighted by Crippen LogP contribution is 2.27. The number of carbonyl (C=O) groups is 1. The summed E-state index contributed by atoms with van der Waals surface area (Å²) in [5.74, 6) is 0.115. The van der Waals surface area contributed by atoms with E-state index in [0.29, 0.717) is 5.69 Å². The van der Waals surface area contributed by atoms with Crippen molar-refractivity contribution in [3.63, 3.8) is 0 Å². The topological polar surface area (TPSA) is 34.9 Å². The number of rotatable bonds is 5. The molecule has 0 N–H and O–H groups in total. The maximum absolute atomic E-state index is 12.8. The molecule has 0 aliphatic rings. The number of benzene rings is 1. The van der Waals surface area contributed by atoms with Gasteiger partial charge in [-0.25, -0.2) is 0 Å². The maximum atomic E-state index is 12.8. The summed E-state index contributed by atoms with van der Waals surface area (Å²) in [6.45, 7) is 6.79. The molecule has 0 saturated carbocycles. The highest BCUT2D eigenvalue weighted by Gasteiger charge is 2.32. The third-order valence-corrected chi connectivity index (χ3v) is 3.45. The van der Waals surface area contributed by atoms with Gasteiger partial charge < -0.3 is 0 Å². The number of carbonyl (C=O) groups excluding carboxylic acids is 1. The molecule has 0 saturated heterocycles. The second-order valence-corrected chi connectivity index (χ2v) is 5.26. The predicted octanol–water partition coefficient (Wildman–Crippen LogP) is 3.45. The number of ketones is 1. The van der Waals surface area contributed by atoms with Crippen molar-refractivity contribution >= 4 is 5.78 Å². The van der Waals surface area contributed by atoms with E-state index in [4.69, 9.17) is 0 Å². The molecule has 0 aliphatic heterocycles. The van der Waals surface area contributed by atoms with E-state index in [9.17, 15) is 4.79 Å². The lowest BCUT2D eigenvalue weighted by molar-refractivity contribution is 0.0897. The van der Waals surface area contributed by atoms with E-state index in [0.717, 1.165) is 18.5 Å². The van der Waals surface area contributed by atoms with Gasteiger partial charge in [-0.1, -0.05) is 37.3 Å². The molecule has 100 valence electrons. The zero-order valence-corrected chi connectivity index (χ0v) is 11.8. The van der Waals surface area contributed by atoms with Crippen LogP contribution in [0.25, 0.3) is 0 Å². The molecular formula is C16H20N2O. The van der Waals surface area contributed by atoms with Gasteiger partial charge in [-0.3, -0.25) is 9.48 Å². The average molecular weight is 256 g/mol. The van der Waals surface area contributed by atoms with Crippen LogP contribution < -0.4 is 0 Å². The fraction of sp³-hybridized carbons (Fsp3) is 0.375. The molecule has 0 aliphatic carbocycles. The summed E-state index contributed by atoms with van der Waals surface area (Å²) in [6, 6.07) is 11.7. The van der Waals surface area contributed by atoms with Gasteiger partial charge in [-0.05, 0) is 31.9 Å². The first-order valence-corrected chi connectivity index (χ1v) is 6.69. The minimum Gasteiger partial charge on any atom is -0.291 e. The molecule has 19 heavy (non-hydrogen) atoms. The Morgan fingerprint density at radius 2 is 1.89 bits per heavy atom. The minimum absolute atomic E-state index is 0.115. The second-order valence-electron chi connectivity index (χ2n) is 5.26. The van der Waals surface area contributed by atoms with Crippen molar-refractivity contribution in [2.75, 3.05) is 0 Å². The van der Waals surface area contributed by atoms with Crippen molar-refractivity contribution < 1.29 is 4.79 Å². The highest BCUT2D eigenvalue weighted by atomic mass is 16.1. The van der Waals surface area contributed by atoms with Crippen LogP contribution in [0.4, 0.5) is 0 Å². The Bertz CT molecular complexity index is 555. The summed E-state index contributed by atoms with van der Waals surface area (Å²) in [5.41, 5.74) is 1.19. The van der Waals surface area contributed by atoms with Crippen LogP contribution in [0.2, 0.25) is 0 Å². The third kappa shape index (κ3) is 2.60. The lowest BCUT2D eigenvalue weighted by Crippen LogP contribution is -2.31. The van der Waals surface area contributed by atoms with Crippen molar-refractivity contribution in [3.8, 4) is 0 Å². The Morgan fingerprint density at radius 3 is 2.53 bits per heavy atom. The van der Waals surface area contributed by atoms with Crippen molar-refractivity contribution in [1.29, 1.82) is 0 Å². The first kappa shape index (κ1) is 13.5. The van der Waals surface area contributed by atoms with E-state index in [2.05, 4.69) is 12.0 Å². The Labute approximate surface area is 114 Å². The molecule has 0 bridgehead atoms. The molecule has 0 unspecified atom stereocenters. The predicted molar refractivity (Wildman–Crippen MR) is 76.3 cm³/mol. The standard InChI is InChI=1S/C16H20N2O/c1-4-12-18-14(10-11-17-18)15(19)16(2,3)13-8-6-5-7-9-13/h5-11H,4,12H2,1-3H3. The van der Waals surface area contributed by atoms with Crippen LogP contribution in [-0.4, -0.2) is 15.6 Å². The first-order valence-electron chi connectivity index (χ1n) is 6.69. The molecule has 0 fully saturated rings. The molecule has 2 rings (SSSR count). The lowest BCUT2D eigenvalue weighted by Gasteiger charge is -2.24. The molecule has 1 aromatic heterocycles. The first-order chi connectivity index (χ1) is 9.07. The zero-order valence-electron chi connectivity index (χ0n) is 11.8. The molecule has 1 heterocycles. The number of aromatic nitrogens is 2. The quantitative estimate of drug-likeness (QED) is 0.768. The van der Waals surface area contributed by atoms with Crippen LogP contribution in [0.5, 0.6) is 0 Å². The number of aryl methyl sites for hydroxylation is 1. The smallest absolute Gasteiger partial charge is 0.190 e. The van der Waals surface area contributed by atoms with Gasteiger partial charge in [0.1, 0.15) is 5.69 Å². The summed E-state index contributed by atoms with van der Waals surface area (Å²) in [6.07, 6.45) is 2.66. The summed E-state index contributed by atoms with van der Waals surface area (Å²) in [4.78, 5) is 12.8. The SMILES string of the molecule is CCCn1nccc1C(=O)C(C)(C)c1ccccc1. The Kier molecular flexibility index (Phi) is 3.84. The van der Waals surface area contributed by atoms with E-state index in [1.165, 1.54) is 0 Å². The molecular weight excluding hydrogens is 236 g/mol. The fourth-order valence-electron chi connectivity index (χ4n) is 2.22. The number of hydrogen-bond donors (Lipinski definition) is 0. The molecule has 1 aromatic carbocycles. The third-order valence-electron chi connectivity index (χ3n) is 3.45. The fourth-order valence-corrected chi connectivity index (χ4v) is 2.22. The Hall–Kier alpha value is -1.90.